The highest BCUT2D eigenvalue weighted by Crippen LogP contribution is 2.25. The molecule has 0 aliphatic heterocycles. The van der Waals surface area contributed by atoms with Crippen molar-refractivity contribution in [3.63, 3.8) is 0 Å². The number of ether oxygens (including phenoxy) is 1. The highest BCUT2D eigenvalue weighted by Gasteiger charge is 2.16. The molecule has 3 aromatic carbocycles. The zero-order valence-corrected chi connectivity index (χ0v) is 20.8. The third-order valence-corrected chi connectivity index (χ3v) is 5.83. The van der Waals surface area contributed by atoms with Crippen LogP contribution < -0.4 is 27.2 Å². The van der Waals surface area contributed by atoms with Crippen molar-refractivity contribution in [2.45, 2.75) is 25.4 Å². The van der Waals surface area contributed by atoms with Crippen molar-refractivity contribution in [3.05, 3.63) is 110 Å². The van der Waals surface area contributed by atoms with Crippen LogP contribution in [0.4, 0.5) is 11.6 Å². The second-order valence-corrected chi connectivity index (χ2v) is 8.86. The van der Waals surface area contributed by atoms with Gasteiger partial charge in [0.1, 0.15) is 17.7 Å². The lowest BCUT2D eigenvalue weighted by Gasteiger charge is -2.17. The lowest BCUT2D eigenvalue weighted by atomic mass is 10.2. The first-order chi connectivity index (χ1) is 18.2. The van der Waals surface area contributed by atoms with Crippen molar-refractivity contribution in [1.82, 2.24) is 14.1 Å². The van der Waals surface area contributed by atoms with Gasteiger partial charge >= 0.3 is 11.4 Å². The summed E-state index contributed by atoms with van der Waals surface area (Å²) in [5, 5.41) is 31.9. The molecule has 0 saturated carbocycles. The van der Waals surface area contributed by atoms with E-state index in [-0.39, 0.29) is 12.5 Å². The summed E-state index contributed by atoms with van der Waals surface area (Å²) >= 11 is 5.97. The molecule has 0 radical (unpaired) electrons. The first kappa shape index (κ1) is 27.0. The van der Waals surface area contributed by atoms with E-state index < -0.39 is 36.9 Å². The van der Waals surface area contributed by atoms with E-state index in [2.05, 4.69) is 10.3 Å². The quantitative estimate of drug-likeness (QED) is 0.189. The molecule has 1 unspecified atom stereocenters. The molecule has 0 bridgehead atoms. The number of aromatic nitrogens is 3. The van der Waals surface area contributed by atoms with E-state index in [0.29, 0.717) is 27.8 Å². The third kappa shape index (κ3) is 6.65. The molecule has 0 spiro atoms. The maximum absolute atomic E-state index is 13.2. The summed E-state index contributed by atoms with van der Waals surface area (Å²) in [6, 6.07) is 20.3. The Morgan fingerprint density at radius 3 is 2.11 bits per heavy atom. The van der Waals surface area contributed by atoms with Gasteiger partial charge in [-0.1, -0.05) is 35.9 Å². The molecule has 0 saturated heterocycles. The molecule has 2 atom stereocenters. The molecule has 0 aliphatic carbocycles. The molecule has 1 aromatic heterocycles. The van der Waals surface area contributed by atoms with E-state index in [0.717, 1.165) is 10.1 Å². The summed E-state index contributed by atoms with van der Waals surface area (Å²) in [6.45, 7) is -0.953. The monoisotopic (exact) mass is 539 g/mol. The van der Waals surface area contributed by atoms with Crippen molar-refractivity contribution in [2.75, 3.05) is 11.9 Å². The second kappa shape index (κ2) is 12.0. The fourth-order valence-corrected chi connectivity index (χ4v) is 3.69. The Balaban J connectivity index is 1.60. The van der Waals surface area contributed by atoms with Crippen LogP contribution in [0.15, 0.2) is 82.4 Å². The SMILES string of the molecule is NC(O)c1ccc(Oc2ccc(Nc3nc(=O)n(C[C@H](O)CO)c(=O)n3Cc3ccc(Cl)cc3)cc2)cc1. The van der Waals surface area contributed by atoms with Crippen molar-refractivity contribution in [2.24, 2.45) is 5.73 Å². The standard InChI is InChI=1S/C26H26ClN5O6/c27-18-5-1-16(2-6-18)13-31-24(30-25(36)32(26(31)37)14-20(34)15-33)29-19-7-11-22(12-8-19)38-21-9-3-17(4-10-21)23(28)35/h1-12,20,23,33-35H,13-15,28H2,(H,29,30,36)/t20-,23?/m0/s1. The van der Waals surface area contributed by atoms with Crippen LogP contribution in [0.1, 0.15) is 17.4 Å². The Morgan fingerprint density at radius 1 is 0.921 bits per heavy atom. The van der Waals surface area contributed by atoms with Gasteiger partial charge < -0.3 is 31.1 Å². The predicted molar refractivity (Wildman–Crippen MR) is 142 cm³/mol. The Kier molecular flexibility index (Phi) is 8.56. The van der Waals surface area contributed by atoms with Gasteiger partial charge in [0.05, 0.1) is 25.8 Å². The lowest BCUT2D eigenvalue weighted by molar-refractivity contribution is 0.0785. The van der Waals surface area contributed by atoms with Crippen LogP contribution in [0, 0.1) is 0 Å². The zero-order chi connectivity index (χ0) is 27.2. The molecule has 38 heavy (non-hydrogen) atoms. The summed E-state index contributed by atoms with van der Waals surface area (Å²) in [7, 11) is 0. The number of aliphatic hydroxyl groups excluding tert-OH is 3. The summed E-state index contributed by atoms with van der Waals surface area (Å²) < 4.78 is 7.83. The van der Waals surface area contributed by atoms with Gasteiger partial charge in [0, 0.05) is 10.7 Å². The molecular weight excluding hydrogens is 514 g/mol. The minimum Gasteiger partial charge on any atom is -0.457 e. The molecule has 0 aliphatic rings. The molecule has 4 rings (SSSR count). The van der Waals surface area contributed by atoms with Crippen LogP contribution in [0.2, 0.25) is 5.02 Å². The first-order valence-corrected chi connectivity index (χ1v) is 11.9. The number of nitrogens with one attached hydrogen (secondary N) is 1. The van der Waals surface area contributed by atoms with Crippen LogP contribution in [0.25, 0.3) is 0 Å². The van der Waals surface area contributed by atoms with E-state index >= 15 is 0 Å². The Labute approximate surface area is 222 Å². The fraction of sp³-hybridized carbons (Fsp3) is 0.192. The van der Waals surface area contributed by atoms with Gasteiger partial charge in [-0.2, -0.15) is 4.98 Å². The van der Waals surface area contributed by atoms with Gasteiger partial charge in [-0.25, -0.2) is 14.2 Å². The number of hydrogen-bond donors (Lipinski definition) is 5. The summed E-state index contributed by atoms with van der Waals surface area (Å²) in [4.78, 5) is 29.9. The number of nitrogens with two attached hydrogens (primary N) is 1. The molecule has 12 heteroatoms. The first-order valence-electron chi connectivity index (χ1n) is 11.6. The van der Waals surface area contributed by atoms with Crippen LogP contribution >= 0.6 is 11.6 Å². The number of aliphatic hydroxyl groups is 3. The lowest BCUT2D eigenvalue weighted by Crippen LogP contribution is -2.45. The van der Waals surface area contributed by atoms with E-state index in [9.17, 15) is 19.8 Å². The number of hydrogen-bond acceptors (Lipinski definition) is 9. The summed E-state index contributed by atoms with van der Waals surface area (Å²) in [5.74, 6) is 1.06. The Morgan fingerprint density at radius 2 is 1.53 bits per heavy atom. The smallest absolute Gasteiger partial charge is 0.355 e. The number of anilines is 2. The third-order valence-electron chi connectivity index (χ3n) is 5.58. The van der Waals surface area contributed by atoms with Crippen LogP contribution in [0.5, 0.6) is 11.5 Å². The highest BCUT2D eigenvalue weighted by atomic mass is 35.5. The van der Waals surface area contributed by atoms with Gasteiger partial charge in [0.2, 0.25) is 5.95 Å². The number of benzene rings is 3. The molecule has 4 aromatic rings. The molecule has 0 fully saturated rings. The van der Waals surface area contributed by atoms with E-state index in [4.69, 9.17) is 27.2 Å². The van der Waals surface area contributed by atoms with Crippen molar-refractivity contribution in [1.29, 1.82) is 0 Å². The number of rotatable bonds is 10. The maximum Gasteiger partial charge on any atom is 0.355 e. The Hall–Kier alpha value is -4.00. The molecular formula is C26H26ClN5O6. The summed E-state index contributed by atoms with van der Waals surface area (Å²) in [5.41, 5.74) is 5.68. The molecule has 0 amide bonds. The predicted octanol–water partition coefficient (Wildman–Crippen LogP) is 1.95. The largest absolute Gasteiger partial charge is 0.457 e. The molecule has 6 N–H and O–H groups in total. The second-order valence-electron chi connectivity index (χ2n) is 8.43. The van der Waals surface area contributed by atoms with Crippen molar-refractivity contribution in [3.8, 4) is 11.5 Å². The van der Waals surface area contributed by atoms with E-state index in [1.807, 2.05) is 0 Å². The summed E-state index contributed by atoms with van der Waals surface area (Å²) in [6.07, 6.45) is -2.36. The van der Waals surface area contributed by atoms with Crippen LogP contribution in [-0.4, -0.2) is 42.1 Å². The van der Waals surface area contributed by atoms with Gasteiger partial charge in [0.15, 0.2) is 0 Å². The minimum atomic E-state index is -1.30. The normalized spacial score (nSPS) is 12.7. The Bertz CT molecular complexity index is 1490. The van der Waals surface area contributed by atoms with E-state index in [1.54, 1.807) is 72.8 Å². The fourth-order valence-electron chi connectivity index (χ4n) is 3.57. The van der Waals surface area contributed by atoms with E-state index in [1.165, 1.54) is 4.57 Å². The zero-order valence-electron chi connectivity index (χ0n) is 20.1. The van der Waals surface area contributed by atoms with Crippen molar-refractivity contribution < 1.29 is 20.1 Å². The maximum atomic E-state index is 13.2. The van der Waals surface area contributed by atoms with Crippen LogP contribution in [0.3, 0.4) is 0 Å². The average Bonchev–Trinajstić information content (AvgIpc) is 2.91. The average molecular weight is 540 g/mol. The van der Waals surface area contributed by atoms with Gasteiger partial charge in [-0.05, 0) is 59.7 Å². The molecule has 198 valence electrons. The van der Waals surface area contributed by atoms with Crippen molar-refractivity contribution >= 4 is 23.2 Å². The van der Waals surface area contributed by atoms with Gasteiger partial charge in [-0.15, -0.1) is 0 Å². The number of halogens is 1. The highest BCUT2D eigenvalue weighted by molar-refractivity contribution is 6.30. The van der Waals surface area contributed by atoms with Gasteiger partial charge in [0.25, 0.3) is 0 Å². The number of nitrogens with zero attached hydrogens (tertiary/aromatic N) is 3. The topological polar surface area (TPSA) is 165 Å². The minimum absolute atomic E-state index is 0.00529. The molecule has 11 nitrogen and oxygen atoms in total. The molecule has 1 heterocycles. The van der Waals surface area contributed by atoms with Crippen LogP contribution in [-0.2, 0) is 13.1 Å². The van der Waals surface area contributed by atoms with Gasteiger partial charge in [-0.3, -0.25) is 4.57 Å².